The molecule has 0 aliphatic heterocycles. The number of likely N-dealkylation sites (N-methyl/N-ethyl adjacent to an activating group) is 1. The zero-order chi connectivity index (χ0) is 18.3. The fourth-order valence-electron chi connectivity index (χ4n) is 1.53. The highest BCUT2D eigenvalue weighted by Gasteiger charge is 1.93. The van der Waals surface area contributed by atoms with Crippen LogP contribution in [-0.2, 0) is 6.42 Å². The Morgan fingerprint density at radius 1 is 0.783 bits per heavy atom. The maximum Gasteiger partial charge on any atom is 0.00157 e. The fraction of sp³-hybridized carbons (Fsp3) is 0.524. The van der Waals surface area contributed by atoms with Crippen molar-refractivity contribution in [3.8, 4) is 0 Å². The summed E-state index contributed by atoms with van der Waals surface area (Å²) in [6.07, 6.45) is 1.15. The van der Waals surface area contributed by atoms with Gasteiger partial charge in [-0.15, -0.1) is 0 Å². The Kier molecular flexibility index (Phi) is 16.5. The SMILES string of the molecule is CC.CC.Cc1ccc(CCN(C)C)cc1.Cc1cscc1C. The summed E-state index contributed by atoms with van der Waals surface area (Å²) in [6, 6.07) is 8.76. The summed E-state index contributed by atoms with van der Waals surface area (Å²) in [4.78, 5) is 2.21. The molecule has 0 fully saturated rings. The van der Waals surface area contributed by atoms with Gasteiger partial charge in [0.2, 0.25) is 0 Å². The Bertz CT molecular complexity index is 452. The highest BCUT2D eigenvalue weighted by atomic mass is 32.1. The van der Waals surface area contributed by atoms with Crippen molar-refractivity contribution in [3.05, 3.63) is 57.3 Å². The van der Waals surface area contributed by atoms with Gasteiger partial charge in [0.15, 0.2) is 0 Å². The Balaban J connectivity index is 0. The minimum Gasteiger partial charge on any atom is -0.309 e. The highest BCUT2D eigenvalue weighted by molar-refractivity contribution is 7.08. The highest BCUT2D eigenvalue weighted by Crippen LogP contribution is 2.10. The number of nitrogens with zero attached hydrogens (tertiary/aromatic N) is 1. The fourth-order valence-corrected chi connectivity index (χ4v) is 2.38. The minimum atomic E-state index is 1.13. The molecule has 0 atom stereocenters. The second kappa shape index (κ2) is 15.8. The van der Waals surface area contributed by atoms with Gasteiger partial charge in [0, 0.05) is 6.54 Å². The predicted molar refractivity (Wildman–Crippen MR) is 110 cm³/mol. The zero-order valence-corrected chi connectivity index (χ0v) is 17.6. The van der Waals surface area contributed by atoms with Crippen LogP contribution in [0.4, 0.5) is 0 Å². The van der Waals surface area contributed by atoms with Gasteiger partial charge in [-0.3, -0.25) is 0 Å². The van der Waals surface area contributed by atoms with E-state index in [4.69, 9.17) is 0 Å². The second-order valence-electron chi connectivity index (χ2n) is 5.28. The van der Waals surface area contributed by atoms with Gasteiger partial charge in [-0.1, -0.05) is 57.5 Å². The van der Waals surface area contributed by atoms with Crippen molar-refractivity contribution in [1.82, 2.24) is 4.90 Å². The van der Waals surface area contributed by atoms with E-state index in [1.54, 1.807) is 11.3 Å². The molecular weight excluding hydrogens is 298 g/mol. The van der Waals surface area contributed by atoms with Crippen LogP contribution >= 0.6 is 11.3 Å². The Morgan fingerprint density at radius 2 is 1.22 bits per heavy atom. The third kappa shape index (κ3) is 13.1. The summed E-state index contributed by atoms with van der Waals surface area (Å²) < 4.78 is 0. The van der Waals surface area contributed by atoms with Crippen molar-refractivity contribution in [2.45, 2.75) is 54.9 Å². The Morgan fingerprint density at radius 3 is 1.52 bits per heavy atom. The van der Waals surface area contributed by atoms with E-state index in [2.05, 4.69) is 74.8 Å². The normalized spacial score (nSPS) is 8.96. The second-order valence-corrected chi connectivity index (χ2v) is 6.02. The first kappa shape index (κ1) is 24.1. The average molecular weight is 336 g/mol. The molecule has 0 radical (unpaired) electrons. The van der Waals surface area contributed by atoms with Crippen molar-refractivity contribution < 1.29 is 0 Å². The molecule has 0 amide bonds. The van der Waals surface area contributed by atoms with Gasteiger partial charge in [-0.25, -0.2) is 0 Å². The summed E-state index contributed by atoms with van der Waals surface area (Å²) in [6.45, 7) is 15.5. The lowest BCUT2D eigenvalue weighted by atomic mass is 10.1. The van der Waals surface area contributed by atoms with Gasteiger partial charge < -0.3 is 4.90 Å². The first-order valence-electron chi connectivity index (χ1n) is 8.68. The molecule has 1 nitrogen and oxygen atoms in total. The van der Waals surface area contributed by atoms with Gasteiger partial charge in [-0.2, -0.15) is 11.3 Å². The monoisotopic (exact) mass is 335 g/mol. The largest absolute Gasteiger partial charge is 0.309 e. The first-order chi connectivity index (χ1) is 11.0. The van der Waals surface area contributed by atoms with E-state index < -0.39 is 0 Å². The molecule has 0 saturated heterocycles. The van der Waals surface area contributed by atoms with Crippen molar-refractivity contribution in [2.75, 3.05) is 20.6 Å². The summed E-state index contributed by atoms with van der Waals surface area (Å²) in [7, 11) is 4.21. The van der Waals surface area contributed by atoms with Gasteiger partial charge in [-0.05, 0) is 68.7 Å². The molecular formula is C21H37NS. The number of rotatable bonds is 3. The van der Waals surface area contributed by atoms with Crippen LogP contribution in [-0.4, -0.2) is 25.5 Å². The molecule has 1 heterocycles. The standard InChI is InChI=1S/C11H17N.C6H8S.2C2H6/c1-10-4-6-11(7-5-10)8-9-12(2)3;1-5-3-7-4-6(5)2;2*1-2/h4-7H,8-9H2,1-3H3;3-4H,1-2H3;2*1-2H3. The molecule has 0 saturated carbocycles. The van der Waals surface area contributed by atoms with Gasteiger partial charge >= 0.3 is 0 Å². The number of aryl methyl sites for hydroxylation is 3. The lowest BCUT2D eigenvalue weighted by Gasteiger charge is -2.08. The summed E-state index contributed by atoms with van der Waals surface area (Å²) in [5.41, 5.74) is 5.58. The van der Waals surface area contributed by atoms with Crippen LogP contribution < -0.4 is 0 Å². The third-order valence-corrected chi connectivity index (χ3v) is 4.06. The van der Waals surface area contributed by atoms with Crippen LogP contribution in [0.15, 0.2) is 35.0 Å². The van der Waals surface area contributed by atoms with Gasteiger partial charge in [0.1, 0.15) is 0 Å². The van der Waals surface area contributed by atoms with E-state index in [0.717, 1.165) is 13.0 Å². The lowest BCUT2D eigenvalue weighted by Crippen LogP contribution is -2.14. The van der Waals surface area contributed by atoms with Crippen molar-refractivity contribution in [1.29, 1.82) is 0 Å². The van der Waals surface area contributed by atoms with Crippen molar-refractivity contribution in [2.24, 2.45) is 0 Å². The van der Waals surface area contributed by atoms with Crippen LogP contribution in [0.1, 0.15) is 49.9 Å². The summed E-state index contributed by atoms with van der Waals surface area (Å²) in [5, 5.41) is 4.32. The smallest absolute Gasteiger partial charge is 0.00157 e. The molecule has 0 N–H and O–H groups in total. The van der Waals surface area contributed by atoms with E-state index in [1.165, 1.54) is 22.3 Å². The molecule has 0 aliphatic carbocycles. The Hall–Kier alpha value is -1.12. The number of hydrogen-bond donors (Lipinski definition) is 0. The first-order valence-corrected chi connectivity index (χ1v) is 9.63. The van der Waals surface area contributed by atoms with E-state index >= 15 is 0 Å². The molecule has 2 heteroatoms. The molecule has 0 bridgehead atoms. The van der Waals surface area contributed by atoms with E-state index in [1.807, 2.05) is 27.7 Å². The third-order valence-electron chi connectivity index (χ3n) is 3.08. The minimum absolute atomic E-state index is 1.13. The molecule has 0 unspecified atom stereocenters. The number of thiophene rings is 1. The molecule has 1 aromatic heterocycles. The molecule has 1 aromatic carbocycles. The molecule has 2 aromatic rings. The summed E-state index contributed by atoms with van der Waals surface area (Å²) >= 11 is 1.77. The van der Waals surface area contributed by atoms with Crippen LogP contribution in [0.2, 0.25) is 0 Å². The maximum absolute atomic E-state index is 2.21. The van der Waals surface area contributed by atoms with E-state index in [9.17, 15) is 0 Å². The van der Waals surface area contributed by atoms with Crippen LogP contribution in [0.3, 0.4) is 0 Å². The zero-order valence-electron chi connectivity index (χ0n) is 16.7. The quantitative estimate of drug-likeness (QED) is 0.617. The topological polar surface area (TPSA) is 3.24 Å². The van der Waals surface area contributed by atoms with Crippen molar-refractivity contribution >= 4 is 11.3 Å². The van der Waals surface area contributed by atoms with Crippen LogP contribution in [0.5, 0.6) is 0 Å². The van der Waals surface area contributed by atoms with Crippen LogP contribution in [0, 0.1) is 20.8 Å². The van der Waals surface area contributed by atoms with Gasteiger partial charge in [0.25, 0.3) is 0 Å². The summed E-state index contributed by atoms with van der Waals surface area (Å²) in [5.74, 6) is 0. The van der Waals surface area contributed by atoms with E-state index in [-0.39, 0.29) is 0 Å². The lowest BCUT2D eigenvalue weighted by molar-refractivity contribution is 0.413. The maximum atomic E-state index is 2.21. The molecule has 0 spiro atoms. The number of benzene rings is 1. The average Bonchev–Trinajstić information content (AvgIpc) is 2.95. The van der Waals surface area contributed by atoms with Gasteiger partial charge in [0.05, 0.1) is 0 Å². The number of hydrogen-bond acceptors (Lipinski definition) is 2. The molecule has 23 heavy (non-hydrogen) atoms. The predicted octanol–water partition coefficient (Wildman–Crippen LogP) is 6.52. The Labute approximate surface area is 149 Å². The van der Waals surface area contributed by atoms with Crippen molar-refractivity contribution in [3.63, 3.8) is 0 Å². The molecule has 0 aliphatic rings. The van der Waals surface area contributed by atoms with Crippen LogP contribution in [0.25, 0.3) is 0 Å². The molecule has 132 valence electrons. The van der Waals surface area contributed by atoms with E-state index in [0.29, 0.717) is 0 Å². The molecule has 2 rings (SSSR count).